The van der Waals surface area contributed by atoms with Crippen LogP contribution in [0.3, 0.4) is 0 Å². The van der Waals surface area contributed by atoms with Gasteiger partial charge in [-0.2, -0.15) is 26.3 Å². The van der Waals surface area contributed by atoms with Crippen molar-refractivity contribution in [3.8, 4) is 0 Å². The van der Waals surface area contributed by atoms with Crippen molar-refractivity contribution in [2.24, 2.45) is 21.5 Å². The summed E-state index contributed by atoms with van der Waals surface area (Å²) in [5.74, 6) is -21.6. The van der Waals surface area contributed by atoms with E-state index in [1.54, 1.807) is 60.7 Å². The fourth-order valence-corrected chi connectivity index (χ4v) is 10.6. The van der Waals surface area contributed by atoms with Crippen molar-refractivity contribution in [2.75, 3.05) is 39.3 Å². The summed E-state index contributed by atoms with van der Waals surface area (Å²) in [6.45, 7) is -1.53. The number of hydrogen-bond acceptors (Lipinski definition) is 20. The van der Waals surface area contributed by atoms with Gasteiger partial charge in [-0.15, -0.1) is 0 Å². The van der Waals surface area contributed by atoms with Crippen LogP contribution in [0.15, 0.2) is 70.6 Å². The lowest BCUT2D eigenvalue weighted by molar-refractivity contribution is -0.171. The molecule has 0 spiro atoms. The number of carboxylic acids is 2. The van der Waals surface area contributed by atoms with E-state index in [4.69, 9.17) is 11.5 Å². The van der Waals surface area contributed by atoms with Crippen LogP contribution in [0, 0.1) is 0 Å². The number of carbonyl (C=O) groups is 16. The third kappa shape index (κ3) is 34.7. The highest BCUT2D eigenvalue weighted by molar-refractivity contribution is 6.46. The third-order valence-electron chi connectivity index (χ3n) is 16.0. The van der Waals surface area contributed by atoms with Gasteiger partial charge in [-0.25, -0.2) is 0 Å². The Hall–Kier alpha value is -11.5. The van der Waals surface area contributed by atoms with Crippen LogP contribution in [0.4, 0.5) is 26.3 Å². The highest BCUT2D eigenvalue weighted by atomic mass is 19.4. The van der Waals surface area contributed by atoms with E-state index in [1.807, 2.05) is 0 Å². The van der Waals surface area contributed by atoms with Gasteiger partial charge in [0.25, 0.3) is 0 Å². The number of nitrogens with two attached hydrogens (primary N) is 2. The molecular formula is C64H88BF6N19O19. The first-order valence-corrected chi connectivity index (χ1v) is 34.2. The molecule has 0 unspecified atom stereocenters. The molecule has 2 aromatic rings. The molecule has 22 N–H and O–H groups in total. The molecule has 109 heavy (non-hydrogen) atoms. The van der Waals surface area contributed by atoms with Crippen molar-refractivity contribution < 1.29 is 118 Å². The minimum absolute atomic E-state index is 0.0103. The molecule has 4 rings (SSSR count). The molecule has 0 aliphatic carbocycles. The Balaban J connectivity index is 1.48. The summed E-state index contributed by atoms with van der Waals surface area (Å²) >= 11 is 0. The van der Waals surface area contributed by atoms with Gasteiger partial charge in [0, 0.05) is 45.4 Å². The van der Waals surface area contributed by atoms with Crippen molar-refractivity contribution in [1.82, 2.24) is 79.7 Å². The number of hydrogen-bond donors (Lipinski definition) is 20. The lowest BCUT2D eigenvalue weighted by Gasteiger charge is -2.26. The highest BCUT2D eigenvalue weighted by Crippen LogP contribution is 2.17. The van der Waals surface area contributed by atoms with Crippen LogP contribution in [0.5, 0.6) is 0 Å². The predicted molar refractivity (Wildman–Crippen MR) is 370 cm³/mol. The number of nitrogens with one attached hydrogen (secondary N) is 15. The van der Waals surface area contributed by atoms with Crippen LogP contribution in [0.2, 0.25) is 6.82 Å². The smallest absolute Gasteiger partial charge is 0.471 e. The maximum absolute atomic E-state index is 14.3. The Morgan fingerprint density at radius 3 is 1.19 bits per heavy atom. The maximum atomic E-state index is 14.3. The number of halogens is 6. The quantitative estimate of drug-likeness (QED) is 0.0107. The zero-order valence-electron chi connectivity index (χ0n) is 58.8. The summed E-state index contributed by atoms with van der Waals surface area (Å²) < 4.78 is 76.9. The van der Waals surface area contributed by atoms with Crippen molar-refractivity contribution in [2.45, 2.75) is 176 Å². The Morgan fingerprint density at radius 1 is 0.486 bits per heavy atom. The van der Waals surface area contributed by atoms with Crippen LogP contribution in [-0.2, 0) is 89.6 Å². The molecule has 14 amide bonds. The summed E-state index contributed by atoms with van der Waals surface area (Å²) in [7, 11) is -1.31. The van der Waals surface area contributed by atoms with Crippen LogP contribution < -0.4 is 91.1 Å². The van der Waals surface area contributed by atoms with E-state index in [-0.39, 0.29) is 103 Å². The van der Waals surface area contributed by atoms with Crippen molar-refractivity contribution in [1.29, 1.82) is 0 Å². The molecule has 2 fully saturated rings. The molecule has 9 atom stereocenters. The lowest BCUT2D eigenvalue weighted by Crippen LogP contribution is -2.58. The monoisotopic (exact) mass is 1550 g/mol. The number of guanidine groups is 2. The number of nitrogens with zero attached hydrogens (tertiary/aromatic N) is 2. The second-order valence-corrected chi connectivity index (χ2v) is 24.9. The van der Waals surface area contributed by atoms with Gasteiger partial charge in [0.05, 0.1) is 32.0 Å². The number of amides is 14. The van der Waals surface area contributed by atoms with E-state index < -0.39 is 219 Å². The van der Waals surface area contributed by atoms with Crippen LogP contribution >= 0.6 is 0 Å². The molecule has 0 aromatic heterocycles. The molecule has 0 radical (unpaired) electrons. The standard InChI is InChI=1S/C64H88BF6N19O19/c1-65(109)90-40(52(100)75-25-11-9-19-39-54(102)83-37(21-13-27-77-62(73)89-60(108)64(69,70)71)51(99)79-33-47(93)81-44(31-49(96)97)58(106)87-42(56(104)85-39)29-35-16-6-3-7-17-35)22-23-45(91)74-24-10-8-18-38-53(101)82-36(20-12-26-76-61(72)88-59(107)63(66,67)68)50(98)78-32-46(92)80-43(30-48(94)95)57(105)86-41(55(103)84-38)28-34-14-4-2-5-15-34/h2-7,14-17,36-44,90,109H,8-13,18-33H2,1H3,(H,74,91)(H,75,100)(H,78,98)(H,79,99)(H,80,92)(H,81,93)(H,82,101)(H,83,102)(H,84,103)(H,85,104)(H,86,105)(H,87,106)(H,94,95)(H,96,97)(H3,72,76,88,107)(H3,73,77,89,108)/t36-,37-,38-,39-,40-,41+,42+,43-,44-/m0/s1. The second-order valence-electron chi connectivity index (χ2n) is 24.9. The van der Waals surface area contributed by atoms with Gasteiger partial charge in [-0.3, -0.25) is 97.3 Å². The van der Waals surface area contributed by atoms with E-state index in [0.29, 0.717) is 11.1 Å². The van der Waals surface area contributed by atoms with Crippen LogP contribution in [0.25, 0.3) is 0 Å². The predicted octanol–water partition coefficient (Wildman–Crippen LogP) is -5.47. The van der Waals surface area contributed by atoms with Gasteiger partial charge < -0.3 is 95.7 Å². The van der Waals surface area contributed by atoms with Gasteiger partial charge >= 0.3 is 43.2 Å². The zero-order valence-corrected chi connectivity index (χ0v) is 58.8. The van der Waals surface area contributed by atoms with E-state index in [1.165, 1.54) is 17.5 Å². The molecule has 0 bridgehead atoms. The van der Waals surface area contributed by atoms with Gasteiger partial charge in [0.15, 0.2) is 11.9 Å². The average Bonchev–Trinajstić information content (AvgIpc) is 1.82. The zero-order chi connectivity index (χ0) is 81.0. The molecule has 2 saturated heterocycles. The molecule has 0 saturated carbocycles. The first kappa shape index (κ1) is 89.9. The normalized spacial score (nSPS) is 20.9. The van der Waals surface area contributed by atoms with Gasteiger partial charge in [-0.05, 0) is 88.6 Å². The first-order valence-electron chi connectivity index (χ1n) is 34.2. The minimum atomic E-state index is -5.31. The Bertz CT molecular complexity index is 3600. The number of benzene rings is 2. The van der Waals surface area contributed by atoms with Gasteiger partial charge in [0.1, 0.15) is 48.3 Å². The molecule has 2 aliphatic heterocycles. The highest BCUT2D eigenvalue weighted by Gasteiger charge is 2.41. The van der Waals surface area contributed by atoms with Crippen LogP contribution in [0.1, 0.15) is 101 Å². The Morgan fingerprint density at radius 2 is 0.826 bits per heavy atom. The van der Waals surface area contributed by atoms with Gasteiger partial charge in [-0.1, -0.05) is 60.7 Å². The average molecular weight is 1550 g/mol. The van der Waals surface area contributed by atoms with Crippen molar-refractivity contribution >= 4 is 114 Å². The number of carboxylic acid groups (broad SMARTS) is 2. The van der Waals surface area contributed by atoms with Gasteiger partial charge in [0.2, 0.25) is 70.9 Å². The van der Waals surface area contributed by atoms with E-state index >= 15 is 0 Å². The van der Waals surface area contributed by atoms with Crippen LogP contribution in [-0.4, -0.2) is 235 Å². The fraction of sp³-hybridized carbons (Fsp3) is 0.531. The Kier molecular flexibility index (Phi) is 37.3. The number of alkyl halides is 6. The topological polar surface area (TPSA) is 591 Å². The largest absolute Gasteiger partial charge is 0.481 e. The molecule has 2 heterocycles. The summed E-state index contributed by atoms with van der Waals surface area (Å²) in [5, 5.41) is 64.0. The summed E-state index contributed by atoms with van der Waals surface area (Å²) in [6, 6.07) is 2.03. The lowest BCUT2D eigenvalue weighted by atomic mass is 9.86. The summed E-state index contributed by atoms with van der Waals surface area (Å²) in [6.07, 6.45) is -15.0. The molecule has 38 nitrogen and oxygen atoms in total. The van der Waals surface area contributed by atoms with Crippen molar-refractivity contribution in [3.05, 3.63) is 71.8 Å². The van der Waals surface area contributed by atoms with E-state index in [0.717, 1.165) is 0 Å². The Labute approximate surface area is 618 Å². The maximum Gasteiger partial charge on any atom is 0.471 e. The molecule has 2 aromatic carbocycles. The number of unbranched alkanes of at least 4 members (excludes halogenated alkanes) is 2. The third-order valence-corrected chi connectivity index (χ3v) is 16.0. The van der Waals surface area contributed by atoms with E-state index in [2.05, 4.69) is 79.0 Å². The fourth-order valence-electron chi connectivity index (χ4n) is 10.6. The first-order chi connectivity index (χ1) is 51.4. The molecule has 45 heteroatoms. The molecule has 2 aliphatic rings. The SMILES string of the molecule is CB(O)N[C@@H](CCC(=O)NCCCC[C@@H]1NC(=O)[C@@H](Cc2ccccc2)NC(=O)[C@H](CC(=O)O)NC(=O)CNC(=O)[C@H](CCCN=C(N)NC(=O)C(F)(F)F)NC1=O)C(=O)NCCCC[C@@H]1NC(=O)[C@@H](Cc2ccccc2)NC(=O)[C@H](CC(=O)O)NC(=O)CNC(=O)[C@H](CCCN=C(N)NC(=O)C(F)(F)F)NC1=O. The molecule has 598 valence electrons. The van der Waals surface area contributed by atoms with Crippen molar-refractivity contribution in [3.63, 3.8) is 0 Å². The second kappa shape index (κ2) is 45.2. The minimum Gasteiger partial charge on any atom is -0.481 e. The number of carbonyl (C=O) groups excluding carboxylic acids is 14. The number of aliphatic imine (C=N–C) groups is 2. The molecular weight excluding hydrogens is 1460 g/mol. The summed E-state index contributed by atoms with van der Waals surface area (Å²) in [4.78, 5) is 218. The number of aliphatic carboxylic acids is 2. The number of rotatable bonds is 32. The van der Waals surface area contributed by atoms with E-state index in [9.17, 15) is 118 Å². The summed E-state index contributed by atoms with van der Waals surface area (Å²) in [5.41, 5.74) is 11.8.